The molecule has 110 valence electrons. The fourth-order valence-corrected chi connectivity index (χ4v) is 2.86. The molecule has 1 aromatic heterocycles. The monoisotopic (exact) mass is 278 g/mol. The smallest absolute Gasteiger partial charge is 0.399 e. The van der Waals surface area contributed by atoms with Crippen LogP contribution in [0.1, 0.15) is 53.0 Å². The highest BCUT2D eigenvalue weighted by Gasteiger charge is 2.52. The standard InChI is InChI=1S/C14H23BN2O3/c1-13(2)14(3,4)20-15(19-13)10-8-16-17(9-10)11-6-5-7-12(11)18/h8-9,11-12,18H,5-7H2,1-4H3/t11-,12+/m1/s1. The lowest BCUT2D eigenvalue weighted by Crippen LogP contribution is -2.41. The maximum absolute atomic E-state index is 9.96. The Bertz CT molecular complexity index is 484. The molecule has 0 unspecified atom stereocenters. The summed E-state index contributed by atoms with van der Waals surface area (Å²) < 4.78 is 13.9. The first kappa shape index (κ1) is 14.1. The van der Waals surface area contributed by atoms with Gasteiger partial charge in [-0.05, 0) is 47.0 Å². The molecule has 1 saturated heterocycles. The molecule has 3 rings (SSSR count). The van der Waals surface area contributed by atoms with Crippen molar-refractivity contribution in [2.75, 3.05) is 0 Å². The molecule has 5 nitrogen and oxygen atoms in total. The zero-order chi connectivity index (χ0) is 14.5. The molecule has 2 atom stereocenters. The lowest BCUT2D eigenvalue weighted by Gasteiger charge is -2.32. The van der Waals surface area contributed by atoms with Gasteiger partial charge in [0, 0.05) is 17.9 Å². The summed E-state index contributed by atoms with van der Waals surface area (Å²) in [5.41, 5.74) is 0.238. The molecular formula is C14H23BN2O3. The van der Waals surface area contributed by atoms with Crippen LogP contribution in [0, 0.1) is 0 Å². The molecule has 0 bridgehead atoms. The molecule has 1 aromatic rings. The van der Waals surface area contributed by atoms with Crippen LogP contribution < -0.4 is 5.46 Å². The Kier molecular flexibility index (Phi) is 3.23. The molecule has 1 aliphatic carbocycles. The van der Waals surface area contributed by atoms with Gasteiger partial charge in [-0.1, -0.05) is 0 Å². The van der Waals surface area contributed by atoms with Crippen molar-refractivity contribution < 1.29 is 14.4 Å². The Labute approximate surface area is 120 Å². The largest absolute Gasteiger partial charge is 0.498 e. The summed E-state index contributed by atoms with van der Waals surface area (Å²) in [4.78, 5) is 0. The number of rotatable bonds is 2. The van der Waals surface area contributed by atoms with E-state index < -0.39 is 0 Å². The molecule has 0 amide bonds. The predicted molar refractivity (Wildman–Crippen MR) is 76.8 cm³/mol. The van der Waals surface area contributed by atoms with Crippen LogP contribution in [-0.2, 0) is 9.31 Å². The van der Waals surface area contributed by atoms with Crippen LogP contribution in [0.3, 0.4) is 0 Å². The number of hydrogen-bond acceptors (Lipinski definition) is 4. The summed E-state index contributed by atoms with van der Waals surface area (Å²) in [5.74, 6) is 0. The fourth-order valence-electron chi connectivity index (χ4n) is 2.86. The third kappa shape index (κ3) is 2.20. The molecule has 6 heteroatoms. The Morgan fingerprint density at radius 2 is 1.90 bits per heavy atom. The van der Waals surface area contributed by atoms with E-state index in [9.17, 15) is 5.11 Å². The maximum atomic E-state index is 9.96. The first-order chi connectivity index (χ1) is 9.30. The zero-order valence-electron chi connectivity index (χ0n) is 12.7. The normalized spacial score (nSPS) is 31.9. The van der Waals surface area contributed by atoms with Gasteiger partial charge in [-0.25, -0.2) is 0 Å². The van der Waals surface area contributed by atoms with Gasteiger partial charge in [0.1, 0.15) is 0 Å². The van der Waals surface area contributed by atoms with Gasteiger partial charge in [0.25, 0.3) is 0 Å². The Morgan fingerprint density at radius 3 is 2.45 bits per heavy atom. The molecule has 2 heterocycles. The third-order valence-corrected chi connectivity index (χ3v) is 4.93. The van der Waals surface area contributed by atoms with Crippen molar-refractivity contribution in [3.05, 3.63) is 12.4 Å². The number of aliphatic hydroxyl groups is 1. The van der Waals surface area contributed by atoms with E-state index in [-0.39, 0.29) is 30.5 Å². The average molecular weight is 278 g/mol. The molecule has 2 aliphatic rings. The second kappa shape index (κ2) is 4.58. The van der Waals surface area contributed by atoms with Crippen LogP contribution in [0.5, 0.6) is 0 Å². The van der Waals surface area contributed by atoms with Gasteiger partial charge in [0.15, 0.2) is 0 Å². The Balaban J connectivity index is 1.78. The zero-order valence-corrected chi connectivity index (χ0v) is 12.7. The Morgan fingerprint density at radius 1 is 1.25 bits per heavy atom. The van der Waals surface area contributed by atoms with Crippen molar-refractivity contribution >= 4 is 12.6 Å². The molecule has 0 aromatic carbocycles. The minimum Gasteiger partial charge on any atom is -0.399 e. The van der Waals surface area contributed by atoms with Crippen molar-refractivity contribution in [2.45, 2.75) is 70.3 Å². The van der Waals surface area contributed by atoms with E-state index in [2.05, 4.69) is 5.10 Å². The van der Waals surface area contributed by atoms with Crippen LogP contribution >= 0.6 is 0 Å². The van der Waals surface area contributed by atoms with Crippen LogP contribution in [-0.4, -0.2) is 39.3 Å². The Hall–Kier alpha value is -0.845. The molecule has 0 radical (unpaired) electrons. The number of aromatic nitrogens is 2. The number of hydrogen-bond donors (Lipinski definition) is 1. The topological polar surface area (TPSA) is 56.5 Å². The van der Waals surface area contributed by atoms with E-state index in [1.165, 1.54) is 0 Å². The van der Waals surface area contributed by atoms with E-state index in [1.807, 2.05) is 38.6 Å². The van der Waals surface area contributed by atoms with E-state index in [0.717, 1.165) is 24.7 Å². The molecule has 1 saturated carbocycles. The van der Waals surface area contributed by atoms with E-state index >= 15 is 0 Å². The first-order valence-corrected chi connectivity index (χ1v) is 7.38. The second-order valence-electron chi connectivity index (χ2n) is 6.91. The van der Waals surface area contributed by atoms with Crippen molar-refractivity contribution in [3.63, 3.8) is 0 Å². The highest BCUT2D eigenvalue weighted by molar-refractivity contribution is 6.61. The van der Waals surface area contributed by atoms with E-state index in [0.29, 0.717) is 0 Å². The summed E-state index contributed by atoms with van der Waals surface area (Å²) in [6.45, 7) is 8.16. The highest BCUT2D eigenvalue weighted by atomic mass is 16.7. The molecule has 0 spiro atoms. The maximum Gasteiger partial charge on any atom is 0.498 e. The predicted octanol–water partition coefficient (Wildman–Crippen LogP) is 1.27. The SMILES string of the molecule is CC1(C)OB(c2cnn([C@@H]3CCC[C@@H]3O)c2)OC1(C)C. The number of nitrogens with zero attached hydrogens (tertiary/aromatic N) is 2. The van der Waals surface area contributed by atoms with E-state index in [4.69, 9.17) is 9.31 Å². The average Bonchev–Trinajstić information content (AvgIpc) is 2.98. The lowest BCUT2D eigenvalue weighted by molar-refractivity contribution is 0.00578. The van der Waals surface area contributed by atoms with Crippen molar-refractivity contribution in [2.24, 2.45) is 0 Å². The van der Waals surface area contributed by atoms with Crippen LogP contribution in [0.4, 0.5) is 0 Å². The van der Waals surface area contributed by atoms with Gasteiger partial charge in [0.05, 0.1) is 23.3 Å². The molecule has 1 aliphatic heterocycles. The van der Waals surface area contributed by atoms with Gasteiger partial charge >= 0.3 is 7.12 Å². The summed E-state index contributed by atoms with van der Waals surface area (Å²) in [7, 11) is -0.382. The van der Waals surface area contributed by atoms with Gasteiger partial charge in [0.2, 0.25) is 0 Å². The van der Waals surface area contributed by atoms with Gasteiger partial charge < -0.3 is 14.4 Å². The summed E-state index contributed by atoms with van der Waals surface area (Å²) in [6, 6.07) is 0.0890. The van der Waals surface area contributed by atoms with Crippen molar-refractivity contribution in [3.8, 4) is 0 Å². The van der Waals surface area contributed by atoms with Crippen LogP contribution in [0.2, 0.25) is 0 Å². The fraction of sp³-hybridized carbons (Fsp3) is 0.786. The minimum absolute atomic E-state index is 0.0890. The molecular weight excluding hydrogens is 255 g/mol. The van der Waals surface area contributed by atoms with Gasteiger partial charge in [-0.15, -0.1) is 0 Å². The molecule has 20 heavy (non-hydrogen) atoms. The summed E-state index contributed by atoms with van der Waals surface area (Å²) >= 11 is 0. The third-order valence-electron chi connectivity index (χ3n) is 4.93. The highest BCUT2D eigenvalue weighted by Crippen LogP contribution is 2.36. The van der Waals surface area contributed by atoms with Gasteiger partial charge in [-0.2, -0.15) is 5.10 Å². The second-order valence-corrected chi connectivity index (χ2v) is 6.91. The van der Waals surface area contributed by atoms with E-state index in [1.54, 1.807) is 6.20 Å². The summed E-state index contributed by atoms with van der Waals surface area (Å²) in [5, 5.41) is 14.3. The number of aliphatic hydroxyl groups excluding tert-OH is 1. The minimum atomic E-state index is -0.382. The molecule has 2 fully saturated rings. The lowest BCUT2D eigenvalue weighted by atomic mass is 9.82. The van der Waals surface area contributed by atoms with Crippen LogP contribution in [0.25, 0.3) is 0 Å². The van der Waals surface area contributed by atoms with Gasteiger partial charge in [-0.3, -0.25) is 4.68 Å². The van der Waals surface area contributed by atoms with Crippen molar-refractivity contribution in [1.29, 1.82) is 0 Å². The van der Waals surface area contributed by atoms with Crippen LogP contribution in [0.15, 0.2) is 12.4 Å². The quantitative estimate of drug-likeness (QED) is 0.828. The first-order valence-electron chi connectivity index (χ1n) is 7.38. The molecule has 1 N–H and O–H groups in total. The van der Waals surface area contributed by atoms with Crippen molar-refractivity contribution in [1.82, 2.24) is 9.78 Å². The summed E-state index contributed by atoms with van der Waals surface area (Å²) in [6.07, 6.45) is 6.33.